The van der Waals surface area contributed by atoms with Gasteiger partial charge in [0.05, 0.1) is 5.56 Å². The van der Waals surface area contributed by atoms with Crippen molar-refractivity contribution in [3.05, 3.63) is 59.2 Å². The second kappa shape index (κ2) is 4.70. The molecule has 0 bridgehead atoms. The number of halogens is 4. The molecule has 0 atom stereocenters. The van der Waals surface area contributed by atoms with Crippen molar-refractivity contribution < 1.29 is 17.9 Å². The van der Waals surface area contributed by atoms with Crippen molar-refractivity contribution in [3.8, 4) is 16.9 Å². The fourth-order valence-electron chi connectivity index (χ4n) is 2.23. The quantitative estimate of drug-likeness (QED) is 0.709. The van der Waals surface area contributed by atoms with Gasteiger partial charge in [-0.3, -0.25) is 0 Å². The lowest BCUT2D eigenvalue weighted by molar-refractivity contribution is -0.137. The van der Waals surface area contributed by atoms with Gasteiger partial charge in [-0.15, -0.1) is 0 Å². The first-order valence-electron chi connectivity index (χ1n) is 5.93. The van der Waals surface area contributed by atoms with Crippen LogP contribution in [0.4, 0.5) is 13.2 Å². The fourth-order valence-corrected chi connectivity index (χ4v) is 2.42. The van der Waals surface area contributed by atoms with Gasteiger partial charge in [0.2, 0.25) is 0 Å². The van der Waals surface area contributed by atoms with E-state index >= 15 is 0 Å². The van der Waals surface area contributed by atoms with E-state index in [1.165, 1.54) is 6.61 Å². The molecule has 1 aliphatic heterocycles. The molecule has 0 aliphatic carbocycles. The third-order valence-electron chi connectivity index (χ3n) is 3.13. The van der Waals surface area contributed by atoms with Crippen molar-refractivity contribution in [3.63, 3.8) is 0 Å². The first kappa shape index (κ1) is 13.3. The van der Waals surface area contributed by atoms with Crippen LogP contribution in [0.5, 0.6) is 5.75 Å². The first-order valence-corrected chi connectivity index (χ1v) is 6.31. The van der Waals surface area contributed by atoms with Crippen molar-refractivity contribution in [1.29, 1.82) is 0 Å². The highest BCUT2D eigenvalue weighted by molar-refractivity contribution is 6.30. The largest absolute Gasteiger partial charge is 0.485 e. The summed E-state index contributed by atoms with van der Waals surface area (Å²) in [6.07, 6.45) is -4.02. The van der Waals surface area contributed by atoms with Gasteiger partial charge in [0.25, 0.3) is 0 Å². The molecule has 0 fully saturated rings. The van der Waals surface area contributed by atoms with Crippen LogP contribution in [0.25, 0.3) is 11.1 Å². The standard InChI is InChI=1S/C15H9ClF3O/c16-12-3-1-2-9(7-12)13-8-11(15(17,18)19)6-10-4-5-20-14(10)13/h1-3,5-8H,4H2. The smallest absolute Gasteiger partial charge is 0.416 e. The highest BCUT2D eigenvalue weighted by Gasteiger charge is 2.33. The topological polar surface area (TPSA) is 9.23 Å². The minimum Gasteiger partial charge on any atom is -0.485 e. The lowest BCUT2D eigenvalue weighted by Gasteiger charge is -2.13. The Balaban J connectivity index is 2.22. The molecule has 2 aromatic carbocycles. The van der Waals surface area contributed by atoms with E-state index in [1.54, 1.807) is 24.3 Å². The molecule has 5 heteroatoms. The van der Waals surface area contributed by atoms with E-state index in [-0.39, 0.29) is 0 Å². The fraction of sp³-hybridized carbons (Fsp3) is 0.133. The Kier molecular flexibility index (Phi) is 3.13. The molecule has 1 radical (unpaired) electrons. The Bertz CT molecular complexity index is 665. The Morgan fingerprint density at radius 3 is 2.60 bits per heavy atom. The Hall–Kier alpha value is -1.68. The second-order valence-corrected chi connectivity index (χ2v) is 4.95. The summed E-state index contributed by atoms with van der Waals surface area (Å²) < 4.78 is 44.2. The van der Waals surface area contributed by atoms with Crippen LogP contribution >= 0.6 is 11.6 Å². The summed E-state index contributed by atoms with van der Waals surface area (Å²) in [6.45, 7) is 1.50. The molecule has 103 valence electrons. The highest BCUT2D eigenvalue weighted by atomic mass is 35.5. The number of alkyl halides is 3. The van der Waals surface area contributed by atoms with Crippen LogP contribution in [0.3, 0.4) is 0 Å². The molecule has 1 aliphatic rings. The summed E-state index contributed by atoms with van der Waals surface area (Å²) in [5, 5.41) is 0.468. The predicted octanol–water partition coefficient (Wildman–Crippen LogP) is 5.12. The van der Waals surface area contributed by atoms with Crippen molar-refractivity contribution in [2.24, 2.45) is 0 Å². The van der Waals surface area contributed by atoms with Crippen LogP contribution in [-0.2, 0) is 12.6 Å². The molecule has 0 N–H and O–H groups in total. The van der Waals surface area contributed by atoms with Crippen LogP contribution in [0.15, 0.2) is 36.4 Å². The van der Waals surface area contributed by atoms with Gasteiger partial charge in [0.1, 0.15) is 12.4 Å². The first-order chi connectivity index (χ1) is 9.45. The van der Waals surface area contributed by atoms with Gasteiger partial charge in [-0.25, -0.2) is 0 Å². The second-order valence-electron chi connectivity index (χ2n) is 4.51. The SMILES string of the molecule is FC(F)(F)c1cc2c(c(-c3cccc(Cl)c3)c1)O[CH]C2. The molecule has 20 heavy (non-hydrogen) atoms. The summed E-state index contributed by atoms with van der Waals surface area (Å²) in [7, 11) is 0. The molecule has 2 aromatic rings. The lowest BCUT2D eigenvalue weighted by Crippen LogP contribution is -2.05. The molecule has 0 saturated carbocycles. The van der Waals surface area contributed by atoms with Crippen LogP contribution in [-0.4, -0.2) is 0 Å². The van der Waals surface area contributed by atoms with Crippen LogP contribution in [0.2, 0.25) is 5.02 Å². The minimum atomic E-state index is -4.38. The zero-order valence-corrected chi connectivity index (χ0v) is 10.9. The summed E-state index contributed by atoms with van der Waals surface area (Å²) in [5.41, 5.74) is 0.876. The molecular weight excluding hydrogens is 289 g/mol. The summed E-state index contributed by atoms with van der Waals surface area (Å²) in [4.78, 5) is 0. The van der Waals surface area contributed by atoms with Crippen molar-refractivity contribution in [2.75, 3.05) is 0 Å². The van der Waals surface area contributed by atoms with E-state index in [1.807, 2.05) is 0 Å². The van der Waals surface area contributed by atoms with E-state index in [0.717, 1.165) is 12.1 Å². The minimum absolute atomic E-state index is 0.368. The average molecular weight is 298 g/mol. The van der Waals surface area contributed by atoms with Crippen LogP contribution in [0, 0.1) is 6.61 Å². The number of ether oxygens (including phenoxy) is 1. The van der Waals surface area contributed by atoms with E-state index in [4.69, 9.17) is 16.3 Å². The van der Waals surface area contributed by atoms with Gasteiger partial charge in [-0.2, -0.15) is 13.2 Å². The monoisotopic (exact) mass is 297 g/mol. The van der Waals surface area contributed by atoms with Gasteiger partial charge >= 0.3 is 6.18 Å². The average Bonchev–Trinajstić information content (AvgIpc) is 2.84. The van der Waals surface area contributed by atoms with E-state index in [2.05, 4.69) is 0 Å². The molecule has 0 aromatic heterocycles. The molecular formula is C15H9ClF3O. The summed E-state index contributed by atoms with van der Waals surface area (Å²) in [6, 6.07) is 8.94. The highest BCUT2D eigenvalue weighted by Crippen LogP contribution is 2.43. The van der Waals surface area contributed by atoms with E-state index < -0.39 is 11.7 Å². The molecule has 1 heterocycles. The van der Waals surface area contributed by atoms with Crippen LogP contribution < -0.4 is 4.74 Å². The Morgan fingerprint density at radius 2 is 1.90 bits per heavy atom. The molecule has 0 saturated heterocycles. The number of hydrogen-bond acceptors (Lipinski definition) is 1. The lowest BCUT2D eigenvalue weighted by atomic mass is 9.97. The molecule has 0 amide bonds. The third-order valence-corrected chi connectivity index (χ3v) is 3.37. The Labute approximate surface area is 118 Å². The normalized spacial score (nSPS) is 14.0. The zero-order chi connectivity index (χ0) is 14.3. The van der Waals surface area contributed by atoms with Crippen molar-refractivity contribution in [1.82, 2.24) is 0 Å². The van der Waals surface area contributed by atoms with Crippen molar-refractivity contribution in [2.45, 2.75) is 12.6 Å². The van der Waals surface area contributed by atoms with Gasteiger partial charge < -0.3 is 4.74 Å². The summed E-state index contributed by atoms with van der Waals surface area (Å²) in [5.74, 6) is 0.472. The van der Waals surface area contributed by atoms with Crippen LogP contribution in [0.1, 0.15) is 11.1 Å². The van der Waals surface area contributed by atoms with Gasteiger partial charge in [0, 0.05) is 17.0 Å². The number of hydrogen-bond donors (Lipinski definition) is 0. The van der Waals surface area contributed by atoms with Gasteiger partial charge in [0.15, 0.2) is 0 Å². The number of benzene rings is 2. The molecule has 1 nitrogen and oxygen atoms in total. The number of fused-ring (bicyclic) bond motifs is 1. The maximum atomic E-state index is 13.0. The Morgan fingerprint density at radius 1 is 1.10 bits per heavy atom. The predicted molar refractivity (Wildman–Crippen MR) is 70.5 cm³/mol. The van der Waals surface area contributed by atoms with E-state index in [9.17, 15) is 13.2 Å². The van der Waals surface area contributed by atoms with E-state index in [0.29, 0.717) is 33.9 Å². The number of rotatable bonds is 1. The maximum Gasteiger partial charge on any atom is 0.416 e. The zero-order valence-electron chi connectivity index (χ0n) is 10.2. The van der Waals surface area contributed by atoms with Crippen molar-refractivity contribution >= 4 is 11.6 Å². The summed E-state index contributed by atoms with van der Waals surface area (Å²) >= 11 is 5.90. The maximum absolute atomic E-state index is 13.0. The molecule has 0 unspecified atom stereocenters. The third kappa shape index (κ3) is 2.36. The molecule has 0 spiro atoms. The van der Waals surface area contributed by atoms with Gasteiger partial charge in [-0.1, -0.05) is 23.7 Å². The van der Waals surface area contributed by atoms with Gasteiger partial charge in [-0.05, 0) is 35.4 Å². The molecule has 3 rings (SSSR count).